The Kier molecular flexibility index (Phi) is 71.2. The highest BCUT2D eigenvalue weighted by Crippen LogP contribution is 2.45. The Labute approximate surface area is 613 Å². The van der Waals surface area contributed by atoms with Crippen LogP contribution in [-0.4, -0.2) is 96.7 Å². The van der Waals surface area contributed by atoms with Crippen LogP contribution in [0.2, 0.25) is 0 Å². The van der Waals surface area contributed by atoms with Crippen molar-refractivity contribution in [2.24, 2.45) is 11.8 Å². The van der Waals surface area contributed by atoms with Crippen molar-refractivity contribution in [2.45, 2.75) is 445 Å². The molecule has 3 N–H and O–H groups in total. The Morgan fingerprint density at radius 1 is 0.290 bits per heavy atom. The highest BCUT2D eigenvalue weighted by Gasteiger charge is 2.30. The van der Waals surface area contributed by atoms with Gasteiger partial charge in [-0.15, -0.1) is 0 Å². The maximum Gasteiger partial charge on any atom is 0.472 e. The van der Waals surface area contributed by atoms with Gasteiger partial charge in [-0.2, -0.15) is 0 Å². The molecular weight excluding hydrogens is 1310 g/mol. The number of hydrogen-bond acceptors (Lipinski definition) is 15. The molecule has 0 heterocycles. The van der Waals surface area contributed by atoms with Crippen molar-refractivity contribution >= 4 is 39.5 Å². The lowest BCUT2D eigenvalue weighted by atomic mass is 9.99. The lowest BCUT2D eigenvalue weighted by Crippen LogP contribution is -2.30. The van der Waals surface area contributed by atoms with Gasteiger partial charge in [-0.25, -0.2) is 9.13 Å². The number of carbonyl (C=O) groups is 4. The van der Waals surface area contributed by atoms with Crippen molar-refractivity contribution in [2.75, 3.05) is 39.6 Å². The maximum atomic E-state index is 13.1. The Bertz CT molecular complexity index is 1930. The lowest BCUT2D eigenvalue weighted by molar-refractivity contribution is -0.161. The predicted molar refractivity (Wildman–Crippen MR) is 409 cm³/mol. The third kappa shape index (κ3) is 73.0. The largest absolute Gasteiger partial charge is 0.472 e. The fourth-order valence-corrected chi connectivity index (χ4v) is 14.1. The number of aliphatic hydroxyl groups is 1. The molecule has 0 radical (unpaired) electrons. The summed E-state index contributed by atoms with van der Waals surface area (Å²) in [6, 6.07) is 0. The second kappa shape index (κ2) is 72.6. The van der Waals surface area contributed by atoms with Crippen LogP contribution in [-0.2, 0) is 65.4 Å². The maximum absolute atomic E-state index is 13.1. The van der Waals surface area contributed by atoms with Gasteiger partial charge in [0.2, 0.25) is 0 Å². The molecular formula is C81H158O17P2. The number of unbranched alkanes of at least 4 members (excludes halogenated alkanes) is 49. The van der Waals surface area contributed by atoms with Gasteiger partial charge in [-0.3, -0.25) is 37.3 Å². The van der Waals surface area contributed by atoms with Gasteiger partial charge in [-0.1, -0.05) is 375 Å². The van der Waals surface area contributed by atoms with Crippen molar-refractivity contribution in [3.05, 3.63) is 0 Å². The van der Waals surface area contributed by atoms with Gasteiger partial charge >= 0.3 is 39.5 Å². The first kappa shape index (κ1) is 98.1. The second-order valence-electron chi connectivity index (χ2n) is 29.9. The predicted octanol–water partition coefficient (Wildman–Crippen LogP) is 24.3. The van der Waals surface area contributed by atoms with Crippen molar-refractivity contribution in [3.63, 3.8) is 0 Å². The van der Waals surface area contributed by atoms with E-state index in [4.69, 9.17) is 37.0 Å². The van der Waals surface area contributed by atoms with Crippen molar-refractivity contribution in [1.82, 2.24) is 0 Å². The summed E-state index contributed by atoms with van der Waals surface area (Å²) < 4.78 is 68.5. The van der Waals surface area contributed by atoms with Gasteiger partial charge in [0.25, 0.3) is 0 Å². The molecule has 0 fully saturated rings. The number of rotatable bonds is 80. The van der Waals surface area contributed by atoms with E-state index in [-0.39, 0.29) is 25.7 Å². The zero-order valence-electron chi connectivity index (χ0n) is 65.5. The number of carbonyl (C=O) groups excluding carboxylic acids is 4. The molecule has 6 atom stereocenters. The van der Waals surface area contributed by atoms with Gasteiger partial charge < -0.3 is 33.8 Å². The molecule has 0 aromatic heterocycles. The zero-order valence-corrected chi connectivity index (χ0v) is 67.3. The van der Waals surface area contributed by atoms with Crippen LogP contribution in [0.5, 0.6) is 0 Å². The molecule has 0 aromatic carbocycles. The van der Waals surface area contributed by atoms with Crippen LogP contribution in [0, 0.1) is 11.8 Å². The molecule has 0 aliphatic carbocycles. The molecule has 0 spiro atoms. The minimum absolute atomic E-state index is 0.106. The van der Waals surface area contributed by atoms with Gasteiger partial charge in [-0.05, 0) is 37.5 Å². The Balaban J connectivity index is 5.11. The fraction of sp³-hybridized carbons (Fsp3) is 0.951. The monoisotopic (exact) mass is 1470 g/mol. The summed E-state index contributed by atoms with van der Waals surface area (Å²) in [5.74, 6) is -0.485. The highest BCUT2D eigenvalue weighted by atomic mass is 31.2. The van der Waals surface area contributed by atoms with Gasteiger partial charge in [0, 0.05) is 25.7 Å². The average Bonchev–Trinajstić information content (AvgIpc) is 0.914. The normalized spacial score (nSPS) is 14.2. The molecule has 0 aliphatic rings. The van der Waals surface area contributed by atoms with Crippen LogP contribution in [0.15, 0.2) is 0 Å². The molecule has 0 saturated heterocycles. The van der Waals surface area contributed by atoms with Gasteiger partial charge in [0.1, 0.15) is 19.3 Å². The van der Waals surface area contributed by atoms with Crippen LogP contribution in [0.25, 0.3) is 0 Å². The summed E-state index contributed by atoms with van der Waals surface area (Å²) in [6.07, 6.45) is 63.0. The first-order chi connectivity index (χ1) is 48.4. The standard InChI is InChI=1S/C81H158O17P2/c1-7-10-12-14-15-16-17-18-19-20-21-25-28-31-36-41-46-52-58-64-79(84)92-70-77(98-81(86)65-59-53-47-42-37-32-29-26-23-22-24-27-30-35-40-45-51-56-62-74(6)9-3)72-96-100(89,90)94-68-75(82)67-93-99(87,88)95-71-76(69-91-78(83)63-57-49-13-11-8-2)97-80(85)66-60-54-48-43-38-33-34-39-44-50-55-61-73(4)5/h73-77,82H,7-72H2,1-6H3,(H,87,88)(H,89,90)/t74?,75-,76+,77+/m0/s1. The van der Waals surface area contributed by atoms with E-state index in [0.717, 1.165) is 108 Å². The summed E-state index contributed by atoms with van der Waals surface area (Å²) in [6.45, 7) is 9.61. The molecule has 0 amide bonds. The van der Waals surface area contributed by atoms with E-state index in [1.54, 1.807) is 0 Å². The van der Waals surface area contributed by atoms with E-state index in [0.29, 0.717) is 25.7 Å². The molecule has 0 aromatic rings. The molecule has 594 valence electrons. The Morgan fingerprint density at radius 2 is 0.510 bits per heavy atom. The lowest BCUT2D eigenvalue weighted by Gasteiger charge is -2.21. The minimum atomic E-state index is -4.96. The smallest absolute Gasteiger partial charge is 0.462 e. The highest BCUT2D eigenvalue weighted by molar-refractivity contribution is 7.47. The third-order valence-electron chi connectivity index (χ3n) is 19.3. The van der Waals surface area contributed by atoms with Gasteiger partial charge in [0.05, 0.1) is 26.4 Å². The third-order valence-corrected chi connectivity index (χ3v) is 21.2. The van der Waals surface area contributed by atoms with E-state index in [9.17, 15) is 43.2 Å². The van der Waals surface area contributed by atoms with Crippen molar-refractivity contribution in [3.8, 4) is 0 Å². The number of phosphoric ester groups is 2. The van der Waals surface area contributed by atoms with Crippen LogP contribution >= 0.6 is 15.6 Å². The van der Waals surface area contributed by atoms with E-state index in [1.165, 1.54) is 238 Å². The Morgan fingerprint density at radius 3 is 0.760 bits per heavy atom. The molecule has 0 saturated carbocycles. The van der Waals surface area contributed by atoms with E-state index >= 15 is 0 Å². The van der Waals surface area contributed by atoms with Crippen LogP contribution in [0.1, 0.15) is 427 Å². The second-order valence-corrected chi connectivity index (χ2v) is 32.8. The van der Waals surface area contributed by atoms with Crippen LogP contribution in [0.3, 0.4) is 0 Å². The van der Waals surface area contributed by atoms with Crippen LogP contribution in [0.4, 0.5) is 0 Å². The number of phosphoric acid groups is 2. The first-order valence-electron chi connectivity index (χ1n) is 42.0. The van der Waals surface area contributed by atoms with Crippen molar-refractivity contribution < 1.29 is 80.2 Å². The van der Waals surface area contributed by atoms with Gasteiger partial charge in [0.15, 0.2) is 12.2 Å². The molecule has 17 nitrogen and oxygen atoms in total. The SMILES string of the molecule is CCCCCCCCCCCCCCCCCCCCCC(=O)OC[C@H](COP(=O)(O)OC[C@@H](O)COP(=O)(O)OC[C@@H](COC(=O)CCCCCCC)OC(=O)CCCCCCCCCCCCCC(C)C)OC(=O)CCCCCCCCCCCCCCCCCCCCC(C)CC. The molecule has 0 aliphatic heterocycles. The van der Waals surface area contributed by atoms with Crippen LogP contribution < -0.4 is 0 Å². The fourth-order valence-electron chi connectivity index (χ4n) is 12.5. The summed E-state index contributed by atoms with van der Waals surface area (Å²) >= 11 is 0. The summed E-state index contributed by atoms with van der Waals surface area (Å²) in [5, 5.41) is 10.6. The number of aliphatic hydroxyl groups excluding tert-OH is 1. The minimum Gasteiger partial charge on any atom is -0.462 e. The van der Waals surface area contributed by atoms with Crippen molar-refractivity contribution in [1.29, 1.82) is 0 Å². The number of esters is 4. The summed E-state index contributed by atoms with van der Waals surface area (Å²) in [5.41, 5.74) is 0. The van der Waals surface area contributed by atoms with E-state index < -0.39 is 97.5 Å². The summed E-state index contributed by atoms with van der Waals surface area (Å²) in [4.78, 5) is 72.7. The first-order valence-corrected chi connectivity index (χ1v) is 45.0. The Hall–Kier alpha value is -1.94. The summed E-state index contributed by atoms with van der Waals surface area (Å²) in [7, 11) is -9.91. The average molecular weight is 1470 g/mol. The topological polar surface area (TPSA) is 237 Å². The number of hydrogen-bond donors (Lipinski definition) is 3. The molecule has 3 unspecified atom stereocenters. The quantitative estimate of drug-likeness (QED) is 0.0222. The molecule has 100 heavy (non-hydrogen) atoms. The van der Waals surface area contributed by atoms with E-state index in [2.05, 4.69) is 41.5 Å². The molecule has 19 heteroatoms. The van der Waals surface area contributed by atoms with E-state index in [1.807, 2.05) is 0 Å². The molecule has 0 bridgehead atoms. The zero-order chi connectivity index (χ0) is 73.5. The molecule has 0 rings (SSSR count). The number of ether oxygens (including phenoxy) is 4.